The first-order valence-corrected chi connectivity index (χ1v) is 4.68. The first-order valence-electron chi connectivity index (χ1n) is 4.68. The lowest BCUT2D eigenvalue weighted by Crippen LogP contribution is -2.05. The topological polar surface area (TPSA) is 68.8 Å². The molecule has 0 fully saturated rings. The lowest BCUT2D eigenvalue weighted by atomic mass is 10.3. The normalized spacial score (nSPS) is 10.2. The van der Waals surface area contributed by atoms with Crippen LogP contribution >= 0.6 is 0 Å². The van der Waals surface area contributed by atoms with Crippen molar-refractivity contribution in [3.05, 3.63) is 36.3 Å². The molecule has 78 valence electrons. The van der Waals surface area contributed by atoms with Gasteiger partial charge in [-0.05, 0) is 12.1 Å². The van der Waals surface area contributed by atoms with Crippen LogP contribution in [0.3, 0.4) is 0 Å². The third-order valence-electron chi connectivity index (χ3n) is 2.18. The molecule has 0 saturated carbocycles. The summed E-state index contributed by atoms with van der Waals surface area (Å²) in [5.41, 5.74) is 7.65. The van der Waals surface area contributed by atoms with E-state index in [9.17, 15) is 0 Å². The number of aryl methyl sites for hydroxylation is 1. The van der Waals surface area contributed by atoms with Crippen LogP contribution in [-0.4, -0.2) is 14.8 Å². The van der Waals surface area contributed by atoms with Gasteiger partial charge in [-0.25, -0.2) is 4.98 Å². The van der Waals surface area contributed by atoms with Crippen LogP contribution in [0.15, 0.2) is 30.6 Å². The van der Waals surface area contributed by atoms with E-state index in [4.69, 9.17) is 5.73 Å². The van der Waals surface area contributed by atoms with Crippen LogP contribution < -0.4 is 11.1 Å². The first-order chi connectivity index (χ1) is 7.25. The largest absolute Gasteiger partial charge is 0.384 e. The van der Waals surface area contributed by atoms with E-state index < -0.39 is 0 Å². The Morgan fingerprint density at radius 3 is 2.93 bits per heavy atom. The average Bonchev–Trinajstić information content (AvgIpc) is 2.61. The molecule has 0 aliphatic heterocycles. The standard InChI is InChI=1S/C10H13N5/c1-15-9(3-5-14-15)7-13-8-2-4-12-10(11)6-8/h2-6H,7H2,1H3,(H3,11,12,13). The molecule has 2 aromatic rings. The lowest BCUT2D eigenvalue weighted by molar-refractivity contribution is 0.720. The predicted octanol–water partition coefficient (Wildman–Crippen LogP) is 1.01. The Balaban J connectivity index is 2.02. The summed E-state index contributed by atoms with van der Waals surface area (Å²) < 4.78 is 1.83. The fourth-order valence-corrected chi connectivity index (χ4v) is 1.33. The molecule has 15 heavy (non-hydrogen) atoms. The number of nitrogen functional groups attached to an aromatic ring is 1. The quantitative estimate of drug-likeness (QED) is 0.781. The zero-order chi connectivity index (χ0) is 10.7. The number of nitrogens with zero attached hydrogens (tertiary/aromatic N) is 3. The average molecular weight is 203 g/mol. The summed E-state index contributed by atoms with van der Waals surface area (Å²) in [5.74, 6) is 0.519. The maximum atomic E-state index is 5.57. The van der Waals surface area contributed by atoms with Gasteiger partial charge < -0.3 is 11.1 Å². The van der Waals surface area contributed by atoms with Crippen molar-refractivity contribution in [3.63, 3.8) is 0 Å². The second kappa shape index (κ2) is 4.00. The Morgan fingerprint density at radius 2 is 2.27 bits per heavy atom. The number of hydrogen-bond acceptors (Lipinski definition) is 4. The van der Waals surface area contributed by atoms with E-state index in [1.54, 1.807) is 18.5 Å². The van der Waals surface area contributed by atoms with Crippen molar-refractivity contribution in [2.45, 2.75) is 6.54 Å². The molecule has 0 aliphatic carbocycles. The van der Waals surface area contributed by atoms with Crippen LogP contribution in [-0.2, 0) is 13.6 Å². The van der Waals surface area contributed by atoms with Gasteiger partial charge in [0, 0.05) is 31.2 Å². The molecule has 0 aliphatic rings. The predicted molar refractivity (Wildman–Crippen MR) is 59.2 cm³/mol. The third kappa shape index (κ3) is 2.25. The third-order valence-corrected chi connectivity index (χ3v) is 2.18. The number of aromatic nitrogens is 3. The fraction of sp³-hybridized carbons (Fsp3) is 0.200. The van der Waals surface area contributed by atoms with Crippen molar-refractivity contribution in [2.24, 2.45) is 7.05 Å². The lowest BCUT2D eigenvalue weighted by Gasteiger charge is -2.06. The molecule has 0 bridgehead atoms. The van der Waals surface area contributed by atoms with E-state index in [-0.39, 0.29) is 0 Å². The van der Waals surface area contributed by atoms with Crippen LogP contribution in [0, 0.1) is 0 Å². The molecule has 2 heterocycles. The SMILES string of the molecule is Cn1nccc1CNc1ccnc(N)c1. The van der Waals surface area contributed by atoms with Crippen molar-refractivity contribution in [3.8, 4) is 0 Å². The molecule has 0 saturated heterocycles. The summed E-state index contributed by atoms with van der Waals surface area (Å²) >= 11 is 0. The van der Waals surface area contributed by atoms with Crippen molar-refractivity contribution >= 4 is 11.5 Å². The highest BCUT2D eigenvalue weighted by Gasteiger charge is 1.98. The molecule has 0 unspecified atom stereocenters. The van der Waals surface area contributed by atoms with Gasteiger partial charge in [0.1, 0.15) is 5.82 Å². The number of rotatable bonds is 3. The Labute approximate surface area is 87.9 Å². The van der Waals surface area contributed by atoms with Gasteiger partial charge in [-0.1, -0.05) is 0 Å². The van der Waals surface area contributed by atoms with Crippen LogP contribution in [0.2, 0.25) is 0 Å². The summed E-state index contributed by atoms with van der Waals surface area (Å²) in [5, 5.41) is 7.33. The molecule has 5 heteroatoms. The number of pyridine rings is 1. The highest BCUT2D eigenvalue weighted by Crippen LogP contribution is 2.10. The number of hydrogen-bond donors (Lipinski definition) is 2. The molecule has 2 aromatic heterocycles. The molecule has 0 amide bonds. The number of nitrogens with two attached hydrogens (primary N) is 1. The van der Waals surface area contributed by atoms with Gasteiger partial charge in [0.05, 0.1) is 12.2 Å². The molecule has 0 spiro atoms. The highest BCUT2D eigenvalue weighted by molar-refractivity contribution is 5.49. The van der Waals surface area contributed by atoms with Gasteiger partial charge in [0.2, 0.25) is 0 Å². The number of nitrogens with one attached hydrogen (secondary N) is 1. The summed E-state index contributed by atoms with van der Waals surface area (Å²) in [6.07, 6.45) is 3.46. The molecule has 0 aromatic carbocycles. The van der Waals surface area contributed by atoms with Gasteiger partial charge in [-0.2, -0.15) is 5.10 Å². The van der Waals surface area contributed by atoms with Gasteiger partial charge in [0.25, 0.3) is 0 Å². The highest BCUT2D eigenvalue weighted by atomic mass is 15.3. The molecule has 3 N–H and O–H groups in total. The molecular formula is C10H13N5. The minimum absolute atomic E-state index is 0.519. The monoisotopic (exact) mass is 203 g/mol. The van der Waals surface area contributed by atoms with Crippen LogP contribution in [0.4, 0.5) is 11.5 Å². The van der Waals surface area contributed by atoms with E-state index >= 15 is 0 Å². The van der Waals surface area contributed by atoms with Crippen LogP contribution in [0.25, 0.3) is 0 Å². The van der Waals surface area contributed by atoms with E-state index in [2.05, 4.69) is 15.4 Å². The van der Waals surface area contributed by atoms with Crippen molar-refractivity contribution in [1.82, 2.24) is 14.8 Å². The number of anilines is 2. The maximum absolute atomic E-state index is 5.57. The van der Waals surface area contributed by atoms with Crippen molar-refractivity contribution < 1.29 is 0 Å². The van der Waals surface area contributed by atoms with Crippen molar-refractivity contribution in [2.75, 3.05) is 11.1 Å². The fourth-order valence-electron chi connectivity index (χ4n) is 1.33. The van der Waals surface area contributed by atoms with Crippen LogP contribution in [0.1, 0.15) is 5.69 Å². The summed E-state index contributed by atoms with van der Waals surface area (Å²) in [7, 11) is 1.91. The summed E-state index contributed by atoms with van der Waals surface area (Å²) in [4.78, 5) is 3.92. The Morgan fingerprint density at radius 1 is 1.40 bits per heavy atom. The maximum Gasteiger partial charge on any atom is 0.125 e. The van der Waals surface area contributed by atoms with Gasteiger partial charge in [-0.15, -0.1) is 0 Å². The second-order valence-electron chi connectivity index (χ2n) is 3.27. The van der Waals surface area contributed by atoms with Gasteiger partial charge >= 0.3 is 0 Å². The van der Waals surface area contributed by atoms with E-state index in [0.717, 1.165) is 17.9 Å². The van der Waals surface area contributed by atoms with Gasteiger partial charge in [-0.3, -0.25) is 4.68 Å². The van der Waals surface area contributed by atoms with E-state index in [1.165, 1.54) is 0 Å². The Hall–Kier alpha value is -2.04. The van der Waals surface area contributed by atoms with E-state index in [1.807, 2.05) is 23.9 Å². The minimum atomic E-state index is 0.519. The zero-order valence-electron chi connectivity index (χ0n) is 8.51. The molecular weight excluding hydrogens is 190 g/mol. The van der Waals surface area contributed by atoms with E-state index in [0.29, 0.717) is 5.82 Å². The molecule has 0 radical (unpaired) electrons. The second-order valence-corrected chi connectivity index (χ2v) is 3.27. The smallest absolute Gasteiger partial charge is 0.125 e. The molecule has 2 rings (SSSR count). The molecule has 0 atom stereocenters. The molecule has 5 nitrogen and oxygen atoms in total. The zero-order valence-corrected chi connectivity index (χ0v) is 8.51. The van der Waals surface area contributed by atoms with Crippen molar-refractivity contribution in [1.29, 1.82) is 0 Å². The Kier molecular flexibility index (Phi) is 2.53. The summed E-state index contributed by atoms with van der Waals surface area (Å²) in [6.45, 7) is 0.722. The van der Waals surface area contributed by atoms with Gasteiger partial charge in [0.15, 0.2) is 0 Å². The first kappa shape index (κ1) is 9.51. The Bertz CT molecular complexity index is 449. The minimum Gasteiger partial charge on any atom is -0.384 e. The summed E-state index contributed by atoms with van der Waals surface area (Å²) in [6, 6.07) is 5.65. The van der Waals surface area contributed by atoms with Crippen LogP contribution in [0.5, 0.6) is 0 Å².